The maximum absolute atomic E-state index is 12.8. The maximum Gasteiger partial charge on any atom is 0.234 e. The molecule has 0 radical (unpaired) electrons. The first kappa shape index (κ1) is 25.5. The van der Waals surface area contributed by atoms with Crippen molar-refractivity contribution >= 4 is 23.4 Å². The zero-order valence-corrected chi connectivity index (χ0v) is 22.4. The molecule has 0 spiro atoms. The number of nitrogens with zero attached hydrogens (tertiary/aromatic N) is 3. The van der Waals surface area contributed by atoms with Crippen molar-refractivity contribution in [1.29, 1.82) is 0 Å². The highest BCUT2D eigenvalue weighted by Gasteiger charge is 2.19. The number of carbonyl (C=O) groups excluding carboxylic acids is 1. The van der Waals surface area contributed by atoms with Gasteiger partial charge in [-0.05, 0) is 60.2 Å². The van der Waals surface area contributed by atoms with Gasteiger partial charge in [-0.15, -0.1) is 10.2 Å². The summed E-state index contributed by atoms with van der Waals surface area (Å²) in [4.78, 5) is 12.8. The molecule has 1 amide bonds. The van der Waals surface area contributed by atoms with Gasteiger partial charge in [0.15, 0.2) is 11.0 Å². The third-order valence-electron chi connectivity index (χ3n) is 6.05. The Morgan fingerprint density at radius 1 is 0.944 bits per heavy atom. The number of amides is 1. The lowest BCUT2D eigenvalue weighted by molar-refractivity contribution is -0.113. The molecule has 0 saturated heterocycles. The predicted octanol–water partition coefficient (Wildman–Crippen LogP) is 6.59. The van der Waals surface area contributed by atoms with Gasteiger partial charge in [0.2, 0.25) is 5.91 Å². The first-order valence-corrected chi connectivity index (χ1v) is 12.9. The van der Waals surface area contributed by atoms with Gasteiger partial charge < -0.3 is 10.1 Å². The highest BCUT2D eigenvalue weighted by molar-refractivity contribution is 7.99. The molecule has 0 saturated carbocycles. The minimum Gasteiger partial charge on any atom is -0.497 e. The van der Waals surface area contributed by atoms with E-state index in [4.69, 9.17) is 4.74 Å². The van der Waals surface area contributed by atoms with Crippen LogP contribution in [0.5, 0.6) is 5.75 Å². The van der Waals surface area contributed by atoms with Crippen LogP contribution >= 0.6 is 11.8 Å². The van der Waals surface area contributed by atoms with E-state index in [0.717, 1.165) is 39.6 Å². The van der Waals surface area contributed by atoms with E-state index in [1.807, 2.05) is 60.9 Å². The quantitative estimate of drug-likeness (QED) is 0.290. The molecule has 1 aromatic heterocycles. The van der Waals surface area contributed by atoms with Crippen LogP contribution < -0.4 is 10.1 Å². The average molecular weight is 501 g/mol. The lowest BCUT2D eigenvalue weighted by Gasteiger charge is -2.19. The lowest BCUT2D eigenvalue weighted by Crippen LogP contribution is -2.16. The first-order valence-electron chi connectivity index (χ1n) is 11.9. The number of aromatic nitrogens is 3. The van der Waals surface area contributed by atoms with E-state index in [2.05, 4.69) is 60.6 Å². The predicted molar refractivity (Wildman–Crippen MR) is 147 cm³/mol. The molecule has 1 N–H and O–H groups in total. The summed E-state index contributed by atoms with van der Waals surface area (Å²) < 4.78 is 7.32. The monoisotopic (exact) mass is 500 g/mol. The molecular weight excluding hydrogens is 468 g/mol. The van der Waals surface area contributed by atoms with Crippen molar-refractivity contribution in [2.75, 3.05) is 18.2 Å². The number of aryl methyl sites for hydroxylation is 2. The van der Waals surface area contributed by atoms with Crippen molar-refractivity contribution < 1.29 is 9.53 Å². The Kier molecular flexibility index (Phi) is 7.50. The topological polar surface area (TPSA) is 69.0 Å². The third-order valence-corrected chi connectivity index (χ3v) is 6.98. The van der Waals surface area contributed by atoms with Crippen LogP contribution in [-0.2, 0) is 10.2 Å². The van der Waals surface area contributed by atoms with Gasteiger partial charge in [0.05, 0.1) is 12.9 Å². The van der Waals surface area contributed by atoms with Crippen molar-refractivity contribution in [3.8, 4) is 22.8 Å². The van der Waals surface area contributed by atoms with E-state index in [1.54, 1.807) is 7.11 Å². The second-order valence-electron chi connectivity index (χ2n) is 9.77. The van der Waals surface area contributed by atoms with Crippen molar-refractivity contribution in [1.82, 2.24) is 14.8 Å². The zero-order valence-electron chi connectivity index (χ0n) is 21.6. The summed E-state index contributed by atoms with van der Waals surface area (Å²) >= 11 is 1.36. The largest absolute Gasteiger partial charge is 0.497 e. The number of ether oxygens (including phenoxy) is 1. The molecule has 4 rings (SSSR count). The van der Waals surface area contributed by atoms with E-state index in [-0.39, 0.29) is 17.1 Å². The Hall–Kier alpha value is -3.58. The molecule has 0 aliphatic rings. The Bertz CT molecular complexity index is 1330. The molecule has 0 atom stereocenters. The minimum atomic E-state index is -0.0854. The number of hydrogen-bond donors (Lipinski definition) is 1. The summed E-state index contributed by atoms with van der Waals surface area (Å²) in [5.74, 6) is 1.62. The fraction of sp³-hybridized carbons (Fsp3) is 0.276. The van der Waals surface area contributed by atoms with Gasteiger partial charge >= 0.3 is 0 Å². The zero-order chi connectivity index (χ0) is 25.9. The van der Waals surface area contributed by atoms with Crippen LogP contribution in [0.1, 0.15) is 37.5 Å². The van der Waals surface area contributed by atoms with E-state index in [1.165, 1.54) is 17.3 Å². The summed E-state index contributed by atoms with van der Waals surface area (Å²) in [6, 6.07) is 22.1. The van der Waals surface area contributed by atoms with Gasteiger partial charge in [-0.2, -0.15) is 0 Å². The molecule has 0 fully saturated rings. The number of hydrogen-bond acceptors (Lipinski definition) is 5. The molecule has 3 aromatic carbocycles. The Morgan fingerprint density at radius 3 is 2.17 bits per heavy atom. The van der Waals surface area contributed by atoms with Crippen LogP contribution in [0.25, 0.3) is 17.1 Å². The van der Waals surface area contributed by atoms with E-state index >= 15 is 0 Å². The van der Waals surface area contributed by atoms with Crippen LogP contribution in [0.3, 0.4) is 0 Å². The molecule has 186 valence electrons. The number of benzene rings is 3. The van der Waals surface area contributed by atoms with Crippen molar-refractivity contribution in [2.45, 2.75) is 45.2 Å². The van der Waals surface area contributed by atoms with Crippen molar-refractivity contribution in [2.24, 2.45) is 0 Å². The van der Waals surface area contributed by atoms with Crippen LogP contribution in [0, 0.1) is 13.8 Å². The summed E-state index contributed by atoms with van der Waals surface area (Å²) in [5, 5.41) is 12.7. The van der Waals surface area contributed by atoms with Gasteiger partial charge in [0, 0.05) is 16.9 Å². The van der Waals surface area contributed by atoms with E-state index in [9.17, 15) is 4.79 Å². The number of nitrogens with one attached hydrogen (secondary N) is 1. The molecule has 4 aromatic rings. The highest BCUT2D eigenvalue weighted by Crippen LogP contribution is 2.31. The van der Waals surface area contributed by atoms with Gasteiger partial charge in [-0.25, -0.2) is 0 Å². The van der Waals surface area contributed by atoms with E-state index < -0.39 is 0 Å². The van der Waals surface area contributed by atoms with Gasteiger partial charge in [0.25, 0.3) is 0 Å². The molecular formula is C29H32N4O2S. The van der Waals surface area contributed by atoms with Gasteiger partial charge in [0.1, 0.15) is 5.75 Å². The molecule has 7 heteroatoms. The second kappa shape index (κ2) is 10.6. The molecule has 6 nitrogen and oxygen atoms in total. The number of thioether (sulfide) groups is 1. The summed E-state index contributed by atoms with van der Waals surface area (Å²) in [6.45, 7) is 10.6. The molecule has 1 heterocycles. The molecule has 0 bridgehead atoms. The lowest BCUT2D eigenvalue weighted by atomic mass is 9.87. The smallest absolute Gasteiger partial charge is 0.234 e. The summed E-state index contributed by atoms with van der Waals surface area (Å²) in [6.07, 6.45) is 0. The van der Waals surface area contributed by atoms with Gasteiger partial charge in [-0.1, -0.05) is 75.0 Å². The standard InChI is InChI=1S/C29H32N4O2S/c1-19-8-7-9-20(2)26(19)30-25(34)18-36-28-32-31-27(21-10-12-22(13-11-21)29(3,4)5)33(28)23-14-16-24(35-6)17-15-23/h7-17H,18H2,1-6H3,(H,30,34). The third kappa shape index (κ3) is 5.62. The van der Waals surface area contributed by atoms with Crippen molar-refractivity contribution in [3.63, 3.8) is 0 Å². The Morgan fingerprint density at radius 2 is 1.58 bits per heavy atom. The SMILES string of the molecule is COc1ccc(-n2c(SCC(=O)Nc3c(C)cccc3C)nnc2-c2ccc(C(C)(C)C)cc2)cc1. The summed E-state index contributed by atoms with van der Waals surface area (Å²) in [7, 11) is 1.64. The minimum absolute atomic E-state index is 0.0615. The number of rotatable bonds is 7. The first-order chi connectivity index (χ1) is 17.2. The summed E-state index contributed by atoms with van der Waals surface area (Å²) in [5.41, 5.74) is 6.10. The molecule has 36 heavy (non-hydrogen) atoms. The Labute approximate surface area is 217 Å². The van der Waals surface area contributed by atoms with Crippen molar-refractivity contribution in [3.05, 3.63) is 83.4 Å². The van der Waals surface area contributed by atoms with Crippen LogP contribution in [0.4, 0.5) is 5.69 Å². The molecule has 0 aliphatic carbocycles. The number of carbonyl (C=O) groups is 1. The number of methoxy groups -OCH3 is 1. The molecule has 0 aliphatic heterocycles. The number of para-hydroxylation sites is 1. The van der Waals surface area contributed by atoms with Crippen LogP contribution in [0.15, 0.2) is 71.9 Å². The van der Waals surface area contributed by atoms with Crippen LogP contribution in [-0.4, -0.2) is 33.5 Å². The Balaban J connectivity index is 1.64. The normalized spacial score (nSPS) is 11.4. The fourth-order valence-electron chi connectivity index (χ4n) is 3.95. The van der Waals surface area contributed by atoms with Crippen LogP contribution in [0.2, 0.25) is 0 Å². The fourth-order valence-corrected chi connectivity index (χ4v) is 4.70. The van der Waals surface area contributed by atoms with Gasteiger partial charge in [-0.3, -0.25) is 9.36 Å². The van der Waals surface area contributed by atoms with E-state index in [0.29, 0.717) is 5.16 Å². The maximum atomic E-state index is 12.8. The average Bonchev–Trinajstić information content (AvgIpc) is 3.28. The second-order valence-corrected chi connectivity index (χ2v) is 10.7. The highest BCUT2D eigenvalue weighted by atomic mass is 32.2. The molecule has 0 unspecified atom stereocenters. The number of anilines is 1.